The maximum atomic E-state index is 12.5. The van der Waals surface area contributed by atoms with E-state index < -0.39 is 5.60 Å². The van der Waals surface area contributed by atoms with Gasteiger partial charge in [-0.1, -0.05) is 42.5 Å². The lowest BCUT2D eigenvalue weighted by molar-refractivity contribution is 0.0129. The van der Waals surface area contributed by atoms with Crippen molar-refractivity contribution < 1.29 is 9.53 Å². The Morgan fingerprint density at radius 3 is 2.52 bits per heavy atom. The van der Waals surface area contributed by atoms with Crippen LogP contribution in [0.1, 0.15) is 45.6 Å². The number of hydrogen-bond donors (Lipinski definition) is 0. The van der Waals surface area contributed by atoms with E-state index in [1.54, 1.807) is 0 Å². The monoisotopic (exact) mass is 287 g/mol. The minimum Gasteiger partial charge on any atom is -0.444 e. The Balaban J connectivity index is 2.13. The fourth-order valence-electron chi connectivity index (χ4n) is 2.50. The van der Waals surface area contributed by atoms with Gasteiger partial charge in [0.25, 0.3) is 0 Å². The summed E-state index contributed by atoms with van der Waals surface area (Å²) in [4.78, 5) is 14.4. The second-order valence-corrected chi connectivity index (χ2v) is 6.53. The van der Waals surface area contributed by atoms with Crippen LogP contribution in [-0.2, 0) is 11.3 Å². The van der Waals surface area contributed by atoms with E-state index in [1.165, 1.54) is 0 Å². The third-order valence-electron chi connectivity index (χ3n) is 3.51. The molecule has 114 valence electrons. The van der Waals surface area contributed by atoms with Crippen molar-refractivity contribution in [2.45, 2.75) is 58.2 Å². The van der Waals surface area contributed by atoms with Crippen LogP contribution in [0.4, 0.5) is 4.79 Å². The van der Waals surface area contributed by atoms with Crippen LogP contribution in [0.3, 0.4) is 0 Å². The number of rotatable bonds is 3. The molecule has 0 heterocycles. The van der Waals surface area contributed by atoms with E-state index in [0.717, 1.165) is 24.8 Å². The smallest absolute Gasteiger partial charge is 0.410 e. The van der Waals surface area contributed by atoms with Crippen LogP contribution < -0.4 is 0 Å². The van der Waals surface area contributed by atoms with Crippen molar-refractivity contribution in [2.24, 2.45) is 0 Å². The predicted octanol–water partition coefficient (Wildman–Crippen LogP) is 4.53. The maximum absolute atomic E-state index is 12.5. The van der Waals surface area contributed by atoms with Crippen LogP contribution in [0.25, 0.3) is 0 Å². The van der Waals surface area contributed by atoms with Gasteiger partial charge < -0.3 is 9.64 Å². The molecule has 0 saturated heterocycles. The van der Waals surface area contributed by atoms with Gasteiger partial charge in [-0.15, -0.1) is 0 Å². The van der Waals surface area contributed by atoms with E-state index in [0.29, 0.717) is 6.54 Å². The van der Waals surface area contributed by atoms with Crippen molar-refractivity contribution in [1.82, 2.24) is 4.90 Å². The summed E-state index contributed by atoms with van der Waals surface area (Å²) < 4.78 is 5.59. The van der Waals surface area contributed by atoms with E-state index in [9.17, 15) is 4.79 Å². The molecule has 1 aromatic carbocycles. The number of amides is 1. The minimum atomic E-state index is -0.462. The summed E-state index contributed by atoms with van der Waals surface area (Å²) in [5.41, 5.74) is 0.675. The molecule has 3 heteroatoms. The van der Waals surface area contributed by atoms with Gasteiger partial charge in [0, 0.05) is 12.6 Å². The summed E-state index contributed by atoms with van der Waals surface area (Å²) in [5.74, 6) is 0. The lowest BCUT2D eigenvalue weighted by Crippen LogP contribution is -2.43. The molecule has 0 spiro atoms. The number of allylic oxidation sites excluding steroid dienone is 1. The molecule has 3 nitrogen and oxygen atoms in total. The zero-order chi connectivity index (χ0) is 15.3. The molecule has 0 aliphatic heterocycles. The molecule has 0 aromatic heterocycles. The number of benzene rings is 1. The van der Waals surface area contributed by atoms with Crippen LogP contribution in [0.5, 0.6) is 0 Å². The number of nitrogens with zero attached hydrogens (tertiary/aromatic N) is 1. The molecule has 0 fully saturated rings. The van der Waals surface area contributed by atoms with Crippen LogP contribution >= 0.6 is 0 Å². The van der Waals surface area contributed by atoms with Crippen molar-refractivity contribution >= 4 is 6.09 Å². The molecule has 1 unspecified atom stereocenters. The Bertz CT molecular complexity index is 488. The van der Waals surface area contributed by atoms with E-state index in [4.69, 9.17) is 4.74 Å². The highest BCUT2D eigenvalue weighted by Crippen LogP contribution is 2.22. The number of hydrogen-bond acceptors (Lipinski definition) is 2. The van der Waals surface area contributed by atoms with Gasteiger partial charge in [-0.3, -0.25) is 0 Å². The first kappa shape index (κ1) is 15.6. The molecule has 1 aliphatic rings. The zero-order valence-corrected chi connectivity index (χ0v) is 13.2. The summed E-state index contributed by atoms with van der Waals surface area (Å²) in [7, 11) is 0. The second-order valence-electron chi connectivity index (χ2n) is 6.53. The van der Waals surface area contributed by atoms with Gasteiger partial charge in [0.15, 0.2) is 0 Å². The second kappa shape index (κ2) is 6.79. The molecule has 1 aliphatic carbocycles. The Labute approximate surface area is 127 Å². The maximum Gasteiger partial charge on any atom is 0.410 e. The van der Waals surface area contributed by atoms with Gasteiger partial charge in [-0.2, -0.15) is 0 Å². The fraction of sp³-hybridized carbons (Fsp3) is 0.500. The normalized spacial score (nSPS) is 18.3. The first-order valence-electron chi connectivity index (χ1n) is 7.64. The van der Waals surface area contributed by atoms with Crippen molar-refractivity contribution in [1.29, 1.82) is 0 Å². The Kier molecular flexibility index (Phi) is 5.05. The number of carbonyl (C=O) groups is 1. The summed E-state index contributed by atoms with van der Waals surface area (Å²) in [6, 6.07) is 10.3. The lowest BCUT2D eigenvalue weighted by Gasteiger charge is -2.34. The summed E-state index contributed by atoms with van der Waals surface area (Å²) in [6.07, 6.45) is 7.07. The highest BCUT2D eigenvalue weighted by atomic mass is 16.6. The Morgan fingerprint density at radius 1 is 1.24 bits per heavy atom. The molecular weight excluding hydrogens is 262 g/mol. The average Bonchev–Trinajstić information content (AvgIpc) is 2.45. The first-order chi connectivity index (χ1) is 9.96. The van der Waals surface area contributed by atoms with Gasteiger partial charge in [0.2, 0.25) is 0 Å². The van der Waals surface area contributed by atoms with Crippen molar-refractivity contribution in [3.05, 3.63) is 48.0 Å². The van der Waals surface area contributed by atoms with Gasteiger partial charge in [0.05, 0.1) is 0 Å². The highest BCUT2D eigenvalue weighted by Gasteiger charge is 2.28. The third kappa shape index (κ3) is 4.92. The van der Waals surface area contributed by atoms with Crippen molar-refractivity contribution in [3.63, 3.8) is 0 Å². The molecule has 2 rings (SSSR count). The standard InChI is InChI=1S/C18H25NO2/c1-18(2,3)21-17(20)19(16-12-8-5-9-13-16)14-15-10-6-4-7-11-15/h4-8,10-11,16H,9,12-14H2,1-3H3. The molecule has 21 heavy (non-hydrogen) atoms. The quantitative estimate of drug-likeness (QED) is 0.764. The van der Waals surface area contributed by atoms with Crippen LogP contribution in [0, 0.1) is 0 Å². The van der Waals surface area contributed by atoms with E-state index in [-0.39, 0.29) is 12.1 Å². The third-order valence-corrected chi connectivity index (χ3v) is 3.51. The SMILES string of the molecule is CC(C)(C)OC(=O)N(Cc1ccccc1)C1CC=CCC1. The van der Waals surface area contributed by atoms with Gasteiger partial charge in [0.1, 0.15) is 5.60 Å². The molecule has 0 bridgehead atoms. The largest absolute Gasteiger partial charge is 0.444 e. The van der Waals surface area contributed by atoms with Crippen LogP contribution in [0.15, 0.2) is 42.5 Å². The minimum absolute atomic E-state index is 0.216. The summed E-state index contributed by atoms with van der Waals surface area (Å²) in [5, 5.41) is 0. The lowest BCUT2D eigenvalue weighted by atomic mass is 10.00. The number of ether oxygens (including phenoxy) is 1. The Morgan fingerprint density at radius 2 is 1.95 bits per heavy atom. The topological polar surface area (TPSA) is 29.5 Å². The van der Waals surface area contributed by atoms with Crippen molar-refractivity contribution in [3.8, 4) is 0 Å². The summed E-state index contributed by atoms with van der Waals surface area (Å²) >= 11 is 0. The summed E-state index contributed by atoms with van der Waals surface area (Å²) in [6.45, 7) is 6.33. The molecule has 0 N–H and O–H groups in total. The molecule has 0 saturated carbocycles. The molecule has 1 amide bonds. The van der Waals surface area contributed by atoms with Crippen LogP contribution in [0.2, 0.25) is 0 Å². The van der Waals surface area contributed by atoms with E-state index >= 15 is 0 Å². The zero-order valence-electron chi connectivity index (χ0n) is 13.2. The van der Waals surface area contributed by atoms with Gasteiger partial charge in [-0.05, 0) is 45.6 Å². The predicted molar refractivity (Wildman–Crippen MR) is 85.0 cm³/mol. The first-order valence-corrected chi connectivity index (χ1v) is 7.64. The van der Waals surface area contributed by atoms with Gasteiger partial charge >= 0.3 is 6.09 Å². The average molecular weight is 287 g/mol. The van der Waals surface area contributed by atoms with E-state index in [1.807, 2.05) is 43.9 Å². The number of carbonyl (C=O) groups excluding carboxylic acids is 1. The highest BCUT2D eigenvalue weighted by molar-refractivity contribution is 5.68. The molecule has 1 atom stereocenters. The molecule has 0 radical (unpaired) electrons. The van der Waals surface area contributed by atoms with E-state index in [2.05, 4.69) is 24.3 Å². The Hall–Kier alpha value is -1.77. The van der Waals surface area contributed by atoms with Gasteiger partial charge in [-0.25, -0.2) is 4.79 Å². The molecule has 1 aromatic rings. The fourth-order valence-corrected chi connectivity index (χ4v) is 2.50. The molecular formula is C18H25NO2. The van der Waals surface area contributed by atoms with Crippen LogP contribution in [-0.4, -0.2) is 22.6 Å². The van der Waals surface area contributed by atoms with Crippen molar-refractivity contribution in [2.75, 3.05) is 0 Å².